The predicted molar refractivity (Wildman–Crippen MR) is 89.5 cm³/mol. The van der Waals surface area contributed by atoms with Gasteiger partial charge >= 0.3 is 5.97 Å². The Balaban J connectivity index is 2.40. The third-order valence-electron chi connectivity index (χ3n) is 2.96. The Morgan fingerprint density at radius 2 is 1.92 bits per heavy atom. The second-order valence-corrected chi connectivity index (χ2v) is 5.46. The number of nitrogens with zero attached hydrogens (tertiary/aromatic N) is 1. The molecule has 0 fully saturated rings. The number of allylic oxidation sites excluding steroid dienone is 1. The van der Waals surface area contributed by atoms with Crippen molar-refractivity contribution < 1.29 is 19.0 Å². The van der Waals surface area contributed by atoms with Crippen molar-refractivity contribution in [3.05, 3.63) is 63.4 Å². The number of halogens is 3. The van der Waals surface area contributed by atoms with E-state index in [1.807, 2.05) is 6.07 Å². The standard InChI is InChI=1S/C17H10Cl2FNO3/c18-13-6-10(7-14(19)17(13)24-9-16(22)23)5-11(8-21)12-3-1-2-4-15(12)20/h1-7H,9H2,(H,22,23)/b11-5-. The highest BCUT2D eigenvalue weighted by atomic mass is 35.5. The molecule has 0 aromatic heterocycles. The largest absolute Gasteiger partial charge is 0.479 e. The zero-order chi connectivity index (χ0) is 17.7. The second-order valence-electron chi connectivity index (χ2n) is 4.65. The van der Waals surface area contributed by atoms with Gasteiger partial charge in [0.15, 0.2) is 12.4 Å². The van der Waals surface area contributed by atoms with Crippen LogP contribution in [0.1, 0.15) is 11.1 Å². The SMILES string of the molecule is N#C/C(=C/c1cc(Cl)c(OCC(=O)O)c(Cl)c1)c1ccccc1F. The minimum Gasteiger partial charge on any atom is -0.479 e. The number of hydrogen-bond acceptors (Lipinski definition) is 3. The first-order valence-corrected chi connectivity index (χ1v) is 7.38. The molecule has 24 heavy (non-hydrogen) atoms. The average Bonchev–Trinajstić information content (AvgIpc) is 2.52. The molecule has 0 saturated heterocycles. The molecule has 0 bridgehead atoms. The Morgan fingerprint density at radius 3 is 2.46 bits per heavy atom. The zero-order valence-electron chi connectivity index (χ0n) is 12.1. The van der Waals surface area contributed by atoms with Crippen LogP contribution < -0.4 is 4.74 Å². The number of carboxylic acids is 1. The first-order chi connectivity index (χ1) is 11.4. The molecule has 7 heteroatoms. The topological polar surface area (TPSA) is 70.3 Å². The Bertz CT molecular complexity index is 836. The maximum atomic E-state index is 13.8. The van der Waals surface area contributed by atoms with Crippen LogP contribution in [-0.4, -0.2) is 17.7 Å². The molecule has 122 valence electrons. The summed E-state index contributed by atoms with van der Waals surface area (Å²) in [5.74, 6) is -1.66. The molecule has 1 N–H and O–H groups in total. The van der Waals surface area contributed by atoms with E-state index in [1.54, 1.807) is 6.07 Å². The Hall–Kier alpha value is -2.55. The molecule has 4 nitrogen and oxygen atoms in total. The lowest BCUT2D eigenvalue weighted by molar-refractivity contribution is -0.139. The van der Waals surface area contributed by atoms with E-state index in [9.17, 15) is 14.4 Å². The molecule has 0 saturated carbocycles. The van der Waals surface area contributed by atoms with E-state index in [-0.39, 0.29) is 26.9 Å². The van der Waals surface area contributed by atoms with Crippen LogP contribution in [-0.2, 0) is 4.79 Å². The highest BCUT2D eigenvalue weighted by Gasteiger charge is 2.12. The molecule has 0 aliphatic rings. The lowest BCUT2D eigenvalue weighted by Crippen LogP contribution is -2.10. The van der Waals surface area contributed by atoms with E-state index in [2.05, 4.69) is 0 Å². The van der Waals surface area contributed by atoms with Gasteiger partial charge in [0.05, 0.1) is 21.7 Å². The van der Waals surface area contributed by atoms with Gasteiger partial charge in [0, 0.05) is 5.56 Å². The summed E-state index contributed by atoms with van der Waals surface area (Å²) < 4.78 is 18.8. The first kappa shape index (κ1) is 17.8. The van der Waals surface area contributed by atoms with E-state index in [0.717, 1.165) is 0 Å². The zero-order valence-corrected chi connectivity index (χ0v) is 13.6. The molecule has 0 heterocycles. The number of hydrogen-bond donors (Lipinski definition) is 1. The number of rotatable bonds is 5. The third-order valence-corrected chi connectivity index (χ3v) is 3.52. The molecule has 0 aliphatic heterocycles. The minimum absolute atomic E-state index is 0.0299. The molecule has 0 amide bonds. The molecule has 0 aliphatic carbocycles. The monoisotopic (exact) mass is 365 g/mol. The van der Waals surface area contributed by atoms with Crippen LogP contribution in [0.25, 0.3) is 11.6 Å². The van der Waals surface area contributed by atoms with Crippen LogP contribution in [0.2, 0.25) is 10.0 Å². The van der Waals surface area contributed by atoms with Crippen LogP contribution in [0, 0.1) is 17.1 Å². The van der Waals surface area contributed by atoms with E-state index < -0.39 is 18.4 Å². The number of ether oxygens (including phenoxy) is 1. The normalized spacial score (nSPS) is 11.0. The number of aliphatic carboxylic acids is 1. The summed E-state index contributed by atoms with van der Waals surface area (Å²) in [5.41, 5.74) is 0.699. The predicted octanol–water partition coefficient (Wildman–Crippen LogP) is 4.66. The second kappa shape index (κ2) is 7.82. The van der Waals surface area contributed by atoms with Crippen LogP contribution in [0.5, 0.6) is 5.75 Å². The van der Waals surface area contributed by atoms with E-state index >= 15 is 0 Å². The summed E-state index contributed by atoms with van der Waals surface area (Å²) in [6.07, 6.45) is 1.43. The summed E-state index contributed by atoms with van der Waals surface area (Å²) in [6, 6.07) is 10.7. The quantitative estimate of drug-likeness (QED) is 0.617. The Labute approximate surface area is 147 Å². The van der Waals surface area contributed by atoms with Crippen molar-refractivity contribution >= 4 is 40.8 Å². The summed E-state index contributed by atoms with van der Waals surface area (Å²) in [4.78, 5) is 10.5. The number of benzene rings is 2. The average molecular weight is 366 g/mol. The summed E-state index contributed by atoms with van der Waals surface area (Å²) in [7, 11) is 0. The minimum atomic E-state index is -1.17. The van der Waals surface area contributed by atoms with Gasteiger partial charge in [-0.1, -0.05) is 41.4 Å². The molecule has 0 unspecified atom stereocenters. The summed E-state index contributed by atoms with van der Waals surface area (Å²) in [6.45, 7) is -0.590. The lowest BCUT2D eigenvalue weighted by Gasteiger charge is -2.09. The van der Waals surface area contributed by atoms with Crippen LogP contribution >= 0.6 is 23.2 Å². The van der Waals surface area contributed by atoms with Gasteiger partial charge in [0.25, 0.3) is 0 Å². The lowest BCUT2D eigenvalue weighted by atomic mass is 10.0. The van der Waals surface area contributed by atoms with Crippen molar-refractivity contribution in [1.29, 1.82) is 5.26 Å². The van der Waals surface area contributed by atoms with Gasteiger partial charge in [0.2, 0.25) is 0 Å². The van der Waals surface area contributed by atoms with Gasteiger partial charge in [-0.15, -0.1) is 0 Å². The highest BCUT2D eigenvalue weighted by Crippen LogP contribution is 2.35. The maximum absolute atomic E-state index is 13.8. The fourth-order valence-electron chi connectivity index (χ4n) is 1.95. The van der Waals surface area contributed by atoms with E-state index in [4.69, 9.17) is 33.0 Å². The Kier molecular flexibility index (Phi) is 5.80. The van der Waals surface area contributed by atoms with E-state index in [0.29, 0.717) is 5.56 Å². The van der Waals surface area contributed by atoms with Gasteiger partial charge < -0.3 is 9.84 Å². The molecule has 0 atom stereocenters. The maximum Gasteiger partial charge on any atom is 0.341 e. The third kappa shape index (κ3) is 4.25. The molecular formula is C17H10Cl2FNO3. The molecular weight excluding hydrogens is 356 g/mol. The molecule has 0 spiro atoms. The first-order valence-electron chi connectivity index (χ1n) is 6.62. The fraction of sp³-hybridized carbons (Fsp3) is 0.0588. The van der Waals surface area contributed by atoms with Crippen molar-refractivity contribution in [2.75, 3.05) is 6.61 Å². The van der Waals surface area contributed by atoms with E-state index in [1.165, 1.54) is 36.4 Å². The van der Waals surface area contributed by atoms with Crippen molar-refractivity contribution in [2.24, 2.45) is 0 Å². The van der Waals surface area contributed by atoms with Gasteiger partial charge in [-0.25, -0.2) is 9.18 Å². The van der Waals surface area contributed by atoms with Crippen molar-refractivity contribution in [3.8, 4) is 11.8 Å². The fourth-order valence-corrected chi connectivity index (χ4v) is 2.56. The van der Waals surface area contributed by atoms with Crippen molar-refractivity contribution in [2.45, 2.75) is 0 Å². The Morgan fingerprint density at radius 1 is 1.29 bits per heavy atom. The van der Waals surface area contributed by atoms with Gasteiger partial charge in [-0.2, -0.15) is 5.26 Å². The van der Waals surface area contributed by atoms with Crippen LogP contribution in [0.4, 0.5) is 4.39 Å². The number of carboxylic acid groups (broad SMARTS) is 1. The molecule has 2 aromatic rings. The van der Waals surface area contributed by atoms with Gasteiger partial charge in [0.1, 0.15) is 5.82 Å². The van der Waals surface area contributed by atoms with Crippen molar-refractivity contribution in [3.63, 3.8) is 0 Å². The summed E-state index contributed by atoms with van der Waals surface area (Å²) in [5, 5.41) is 18.1. The van der Waals surface area contributed by atoms with Gasteiger partial charge in [-0.05, 0) is 29.8 Å². The molecule has 0 radical (unpaired) electrons. The highest BCUT2D eigenvalue weighted by molar-refractivity contribution is 6.37. The van der Waals surface area contributed by atoms with Crippen LogP contribution in [0.3, 0.4) is 0 Å². The van der Waals surface area contributed by atoms with Crippen LogP contribution in [0.15, 0.2) is 36.4 Å². The summed E-state index contributed by atoms with van der Waals surface area (Å²) >= 11 is 12.1. The smallest absolute Gasteiger partial charge is 0.341 e. The van der Waals surface area contributed by atoms with Gasteiger partial charge in [-0.3, -0.25) is 0 Å². The number of carbonyl (C=O) groups is 1. The molecule has 2 aromatic carbocycles. The number of nitriles is 1. The van der Waals surface area contributed by atoms with Crippen molar-refractivity contribution in [1.82, 2.24) is 0 Å². The molecule has 2 rings (SSSR count).